The van der Waals surface area contributed by atoms with Gasteiger partial charge in [-0.25, -0.2) is 0 Å². The lowest BCUT2D eigenvalue weighted by Gasteiger charge is -2.09. The highest BCUT2D eigenvalue weighted by Crippen LogP contribution is 2.30. The van der Waals surface area contributed by atoms with Gasteiger partial charge in [-0.15, -0.1) is 0 Å². The molecule has 1 N–H and O–H groups in total. The molecule has 0 saturated carbocycles. The predicted molar refractivity (Wildman–Crippen MR) is 125 cm³/mol. The number of aryl methyl sites for hydroxylation is 2. The van der Waals surface area contributed by atoms with Gasteiger partial charge in [0.15, 0.2) is 11.2 Å². The molecule has 0 aliphatic heterocycles. The first-order valence-corrected chi connectivity index (χ1v) is 10.1. The van der Waals surface area contributed by atoms with Crippen LogP contribution in [0.5, 0.6) is 5.75 Å². The molecule has 33 heavy (non-hydrogen) atoms. The highest BCUT2D eigenvalue weighted by atomic mass is 16.6. The van der Waals surface area contributed by atoms with Crippen molar-refractivity contribution in [2.24, 2.45) is 0 Å². The normalized spacial score (nSPS) is 10.8. The molecule has 1 aromatic heterocycles. The van der Waals surface area contributed by atoms with Gasteiger partial charge in [0, 0.05) is 28.9 Å². The van der Waals surface area contributed by atoms with Gasteiger partial charge in [-0.3, -0.25) is 19.7 Å². The number of nitro benzene ring substituents is 1. The second-order valence-electron chi connectivity index (χ2n) is 7.61. The first-order valence-electron chi connectivity index (χ1n) is 10.1. The average molecular weight is 444 g/mol. The molecule has 3 aromatic carbocycles. The van der Waals surface area contributed by atoms with E-state index in [0.29, 0.717) is 27.9 Å². The number of hydrogen-bond donors (Lipinski definition) is 1. The number of nitrogens with zero attached hydrogens (tertiary/aromatic N) is 1. The molecule has 1 amide bonds. The van der Waals surface area contributed by atoms with Crippen molar-refractivity contribution in [1.29, 1.82) is 0 Å². The van der Waals surface area contributed by atoms with Gasteiger partial charge in [0.1, 0.15) is 11.3 Å². The summed E-state index contributed by atoms with van der Waals surface area (Å²) in [6.45, 7) is 3.81. The van der Waals surface area contributed by atoms with Crippen LogP contribution >= 0.6 is 0 Å². The Bertz CT molecular complexity index is 1450. The van der Waals surface area contributed by atoms with Crippen molar-refractivity contribution >= 4 is 28.3 Å². The zero-order chi connectivity index (χ0) is 23.7. The molecule has 1 heterocycles. The zero-order valence-electron chi connectivity index (χ0n) is 18.2. The van der Waals surface area contributed by atoms with Crippen LogP contribution in [0.25, 0.3) is 22.3 Å². The fraction of sp³-hybridized carbons (Fsp3) is 0.120. The van der Waals surface area contributed by atoms with E-state index in [4.69, 9.17) is 9.15 Å². The molecule has 0 aliphatic rings. The zero-order valence-corrected chi connectivity index (χ0v) is 18.2. The quantitative estimate of drug-likeness (QED) is 0.333. The molecule has 4 rings (SSSR count). The lowest BCUT2D eigenvalue weighted by Crippen LogP contribution is -2.12. The molecule has 0 unspecified atom stereocenters. The highest BCUT2D eigenvalue weighted by molar-refractivity contribution is 6.04. The van der Waals surface area contributed by atoms with Crippen molar-refractivity contribution in [3.8, 4) is 17.1 Å². The number of nitro groups is 1. The van der Waals surface area contributed by atoms with E-state index in [1.165, 1.54) is 31.4 Å². The van der Waals surface area contributed by atoms with Crippen LogP contribution in [0.4, 0.5) is 11.4 Å². The summed E-state index contributed by atoms with van der Waals surface area (Å²) in [4.78, 5) is 35.8. The molecule has 8 nitrogen and oxygen atoms in total. The van der Waals surface area contributed by atoms with Gasteiger partial charge in [0.2, 0.25) is 0 Å². The minimum absolute atomic E-state index is 0.102. The third kappa shape index (κ3) is 4.31. The van der Waals surface area contributed by atoms with Crippen LogP contribution in [0.3, 0.4) is 0 Å². The van der Waals surface area contributed by atoms with Gasteiger partial charge in [0.25, 0.3) is 5.91 Å². The number of carbonyl (C=O) groups excluding carboxylic acids is 1. The van der Waals surface area contributed by atoms with E-state index < -0.39 is 10.8 Å². The van der Waals surface area contributed by atoms with Crippen molar-refractivity contribution < 1.29 is 18.9 Å². The Labute approximate surface area is 188 Å². The fourth-order valence-corrected chi connectivity index (χ4v) is 3.65. The maximum atomic E-state index is 12.6. The van der Waals surface area contributed by atoms with E-state index in [2.05, 4.69) is 5.32 Å². The van der Waals surface area contributed by atoms with E-state index in [0.717, 1.165) is 11.1 Å². The van der Waals surface area contributed by atoms with Gasteiger partial charge >= 0.3 is 5.69 Å². The standard InChI is InChI=1S/C25H20N2O6/c1-14-10-15(2)24-19(11-14)21(28)13-23(33-24)16-4-6-17(7-5-16)25(29)26-18-8-9-22(32-3)20(12-18)27(30)31/h4-13H,1-3H3,(H,26,29). The van der Waals surface area contributed by atoms with Crippen molar-refractivity contribution in [2.45, 2.75) is 13.8 Å². The molecule has 0 fully saturated rings. The summed E-state index contributed by atoms with van der Waals surface area (Å²) in [6, 6.07) is 15.9. The Kier molecular flexibility index (Phi) is 5.66. The average Bonchev–Trinajstić information content (AvgIpc) is 2.79. The summed E-state index contributed by atoms with van der Waals surface area (Å²) in [7, 11) is 1.34. The molecular weight excluding hydrogens is 424 g/mol. The SMILES string of the molecule is COc1ccc(NC(=O)c2ccc(-c3cc(=O)c4cc(C)cc(C)c4o3)cc2)cc1[N+](=O)[O-]. The Hall–Kier alpha value is -4.46. The summed E-state index contributed by atoms with van der Waals surface area (Å²) >= 11 is 0. The minimum atomic E-state index is -0.580. The van der Waals surface area contributed by atoms with Crippen LogP contribution in [0.1, 0.15) is 21.5 Å². The Balaban J connectivity index is 1.60. The van der Waals surface area contributed by atoms with Gasteiger partial charge in [0.05, 0.1) is 17.4 Å². The summed E-state index contributed by atoms with van der Waals surface area (Å²) in [5.74, 6) is 0.0640. The third-order valence-electron chi connectivity index (χ3n) is 5.22. The molecule has 0 aliphatic carbocycles. The number of nitrogens with one attached hydrogen (secondary N) is 1. The molecule has 8 heteroatoms. The topological polar surface area (TPSA) is 112 Å². The van der Waals surface area contributed by atoms with Crippen molar-refractivity contribution in [2.75, 3.05) is 12.4 Å². The van der Waals surface area contributed by atoms with Crippen molar-refractivity contribution in [3.05, 3.63) is 97.7 Å². The summed E-state index contributed by atoms with van der Waals surface area (Å²) in [6.07, 6.45) is 0. The summed E-state index contributed by atoms with van der Waals surface area (Å²) in [5.41, 5.74) is 3.25. The number of carbonyl (C=O) groups is 1. The van der Waals surface area contributed by atoms with Gasteiger partial charge in [-0.1, -0.05) is 18.2 Å². The largest absolute Gasteiger partial charge is 0.490 e. The Morgan fingerprint density at radius 2 is 1.76 bits per heavy atom. The van der Waals surface area contributed by atoms with Crippen LogP contribution in [-0.4, -0.2) is 17.9 Å². The summed E-state index contributed by atoms with van der Waals surface area (Å²) < 4.78 is 11.0. The maximum absolute atomic E-state index is 12.6. The lowest BCUT2D eigenvalue weighted by molar-refractivity contribution is -0.385. The molecule has 166 valence electrons. The van der Waals surface area contributed by atoms with Crippen molar-refractivity contribution in [3.63, 3.8) is 0 Å². The van der Waals surface area contributed by atoms with E-state index in [-0.39, 0.29) is 22.6 Å². The second-order valence-corrected chi connectivity index (χ2v) is 7.61. The molecule has 4 aromatic rings. The monoisotopic (exact) mass is 444 g/mol. The van der Waals surface area contributed by atoms with Crippen LogP contribution in [-0.2, 0) is 0 Å². The number of amides is 1. The van der Waals surface area contributed by atoms with Crippen molar-refractivity contribution in [1.82, 2.24) is 0 Å². The lowest BCUT2D eigenvalue weighted by atomic mass is 10.1. The third-order valence-corrected chi connectivity index (χ3v) is 5.22. The molecule has 0 radical (unpaired) electrons. The smallest absolute Gasteiger partial charge is 0.312 e. The van der Waals surface area contributed by atoms with E-state index in [1.54, 1.807) is 30.3 Å². The van der Waals surface area contributed by atoms with Crippen LogP contribution < -0.4 is 15.5 Å². The molecular formula is C25H20N2O6. The number of hydrogen-bond acceptors (Lipinski definition) is 6. The Morgan fingerprint density at radius 3 is 2.42 bits per heavy atom. The van der Waals surface area contributed by atoms with Crippen LogP contribution in [0, 0.1) is 24.0 Å². The Morgan fingerprint density at radius 1 is 1.03 bits per heavy atom. The molecule has 0 atom stereocenters. The number of ether oxygens (including phenoxy) is 1. The number of benzene rings is 3. The number of rotatable bonds is 5. The molecule has 0 saturated heterocycles. The maximum Gasteiger partial charge on any atom is 0.312 e. The van der Waals surface area contributed by atoms with E-state index in [9.17, 15) is 19.7 Å². The van der Waals surface area contributed by atoms with Gasteiger partial charge in [-0.05, 0) is 55.3 Å². The fourth-order valence-electron chi connectivity index (χ4n) is 3.65. The first kappa shape index (κ1) is 21.8. The number of anilines is 1. The van der Waals surface area contributed by atoms with E-state index >= 15 is 0 Å². The van der Waals surface area contributed by atoms with Crippen LogP contribution in [0.15, 0.2) is 69.9 Å². The van der Waals surface area contributed by atoms with Gasteiger partial charge in [-0.2, -0.15) is 0 Å². The highest BCUT2D eigenvalue weighted by Gasteiger charge is 2.17. The minimum Gasteiger partial charge on any atom is -0.490 e. The van der Waals surface area contributed by atoms with Gasteiger partial charge < -0.3 is 14.5 Å². The van der Waals surface area contributed by atoms with Crippen LogP contribution in [0.2, 0.25) is 0 Å². The predicted octanol–water partition coefficient (Wildman–Crippen LogP) is 5.25. The number of fused-ring (bicyclic) bond motifs is 1. The van der Waals surface area contributed by atoms with E-state index in [1.807, 2.05) is 19.9 Å². The molecule has 0 spiro atoms. The number of methoxy groups -OCH3 is 1. The second kappa shape index (κ2) is 8.58. The summed E-state index contributed by atoms with van der Waals surface area (Å²) in [5, 5.41) is 14.4. The molecule has 0 bridgehead atoms. The first-order chi connectivity index (χ1) is 15.8.